The molecule has 0 aliphatic heterocycles. The summed E-state index contributed by atoms with van der Waals surface area (Å²) in [4.78, 5) is 3.95. The van der Waals surface area contributed by atoms with Gasteiger partial charge in [-0.15, -0.1) is 0 Å². The molecular formula is C16H21N3O. The van der Waals surface area contributed by atoms with Crippen molar-refractivity contribution in [2.75, 3.05) is 5.73 Å². The van der Waals surface area contributed by atoms with E-state index in [0.29, 0.717) is 5.82 Å². The molecule has 0 radical (unpaired) electrons. The first kappa shape index (κ1) is 12.2. The fraction of sp³-hybridized carbons (Fsp3) is 0.625. The van der Waals surface area contributed by atoms with Gasteiger partial charge in [0.05, 0.1) is 0 Å². The van der Waals surface area contributed by atoms with Gasteiger partial charge in [-0.25, -0.2) is 0 Å². The molecule has 4 bridgehead atoms. The number of rotatable bonds is 3. The highest BCUT2D eigenvalue weighted by Gasteiger charge is 2.46. The van der Waals surface area contributed by atoms with Gasteiger partial charge in [0.1, 0.15) is 0 Å². The third-order valence-electron chi connectivity index (χ3n) is 5.45. The van der Waals surface area contributed by atoms with Crippen molar-refractivity contribution in [3.63, 3.8) is 0 Å². The average molecular weight is 271 g/mol. The van der Waals surface area contributed by atoms with Gasteiger partial charge in [0, 0.05) is 0 Å². The Labute approximate surface area is 119 Å². The van der Waals surface area contributed by atoms with Crippen molar-refractivity contribution in [3.8, 4) is 0 Å². The number of anilines is 1. The first-order chi connectivity index (χ1) is 9.78. The van der Waals surface area contributed by atoms with Gasteiger partial charge in [-0.3, -0.25) is 0 Å². The van der Waals surface area contributed by atoms with Gasteiger partial charge in [-0.05, 0) is 67.8 Å². The van der Waals surface area contributed by atoms with Crippen molar-refractivity contribution in [2.24, 2.45) is 29.6 Å². The monoisotopic (exact) mass is 271 g/mol. The van der Waals surface area contributed by atoms with Gasteiger partial charge >= 0.3 is 6.01 Å². The molecule has 4 heteroatoms. The van der Waals surface area contributed by atoms with Crippen LogP contribution in [0.2, 0.25) is 0 Å². The van der Waals surface area contributed by atoms with Crippen molar-refractivity contribution in [1.82, 2.24) is 10.1 Å². The highest BCUT2D eigenvalue weighted by Crippen LogP contribution is 2.56. The van der Waals surface area contributed by atoms with Gasteiger partial charge in [-0.1, -0.05) is 23.4 Å². The first-order valence-electron chi connectivity index (χ1n) is 7.72. The predicted octanol–water partition coefficient (Wildman–Crippen LogP) is 3.29. The molecule has 4 fully saturated rings. The van der Waals surface area contributed by atoms with Crippen molar-refractivity contribution >= 4 is 12.1 Å². The maximum absolute atomic E-state index is 5.39. The molecule has 1 heterocycles. The summed E-state index contributed by atoms with van der Waals surface area (Å²) in [6.07, 6.45) is 15.8. The fourth-order valence-corrected chi connectivity index (χ4v) is 4.93. The quantitative estimate of drug-likeness (QED) is 0.857. The molecule has 1 aromatic heterocycles. The van der Waals surface area contributed by atoms with Crippen LogP contribution in [0.1, 0.15) is 37.9 Å². The Balaban J connectivity index is 1.41. The highest BCUT2D eigenvalue weighted by molar-refractivity contribution is 5.43. The molecule has 0 unspecified atom stereocenters. The second kappa shape index (κ2) is 4.76. The van der Waals surface area contributed by atoms with E-state index >= 15 is 0 Å². The van der Waals surface area contributed by atoms with Crippen molar-refractivity contribution in [2.45, 2.75) is 32.1 Å². The molecular weight excluding hydrogens is 250 g/mol. The van der Waals surface area contributed by atoms with Crippen LogP contribution in [0.15, 0.2) is 22.8 Å². The van der Waals surface area contributed by atoms with E-state index in [9.17, 15) is 0 Å². The number of aromatic nitrogens is 2. The van der Waals surface area contributed by atoms with Crippen LogP contribution in [-0.2, 0) is 0 Å². The number of hydrogen-bond acceptors (Lipinski definition) is 4. The zero-order valence-corrected chi connectivity index (χ0v) is 11.6. The van der Waals surface area contributed by atoms with Crippen LogP contribution < -0.4 is 5.73 Å². The van der Waals surface area contributed by atoms with Crippen LogP contribution in [0.5, 0.6) is 0 Å². The molecule has 5 rings (SSSR count). The van der Waals surface area contributed by atoms with E-state index in [1.165, 1.54) is 32.1 Å². The maximum atomic E-state index is 5.39. The van der Waals surface area contributed by atoms with Gasteiger partial charge in [0.25, 0.3) is 0 Å². The van der Waals surface area contributed by atoms with Crippen LogP contribution in [0.25, 0.3) is 6.08 Å². The molecule has 4 saturated carbocycles. The fourth-order valence-electron chi connectivity index (χ4n) is 4.93. The molecule has 0 aromatic carbocycles. The van der Waals surface area contributed by atoms with Gasteiger partial charge in [0.2, 0.25) is 0 Å². The van der Waals surface area contributed by atoms with Gasteiger partial charge < -0.3 is 10.3 Å². The largest absolute Gasteiger partial charge is 0.351 e. The van der Waals surface area contributed by atoms with E-state index in [1.54, 1.807) is 0 Å². The number of hydrogen-bond donors (Lipinski definition) is 1. The summed E-state index contributed by atoms with van der Waals surface area (Å²) in [5, 5.41) is 3.74. The van der Waals surface area contributed by atoms with E-state index in [1.807, 2.05) is 12.2 Å². The van der Waals surface area contributed by atoms with Crippen LogP contribution >= 0.6 is 0 Å². The van der Waals surface area contributed by atoms with Crippen molar-refractivity contribution < 1.29 is 4.52 Å². The lowest BCUT2D eigenvalue weighted by atomic mass is 9.52. The van der Waals surface area contributed by atoms with E-state index in [2.05, 4.69) is 22.3 Å². The Morgan fingerprint density at radius 1 is 1.00 bits per heavy atom. The third kappa shape index (κ3) is 2.17. The molecule has 4 aliphatic carbocycles. The topological polar surface area (TPSA) is 64.9 Å². The van der Waals surface area contributed by atoms with E-state index in [0.717, 1.165) is 29.6 Å². The lowest BCUT2D eigenvalue weighted by Crippen LogP contribution is -2.44. The van der Waals surface area contributed by atoms with E-state index in [-0.39, 0.29) is 6.01 Å². The standard InChI is InChI=1S/C16H21N3O/c17-16-18-15(19-20-16)4-2-1-3-14-12-6-10-5-11(8-12)9-13(14)7-10/h1-4,10-14H,5-9H2,(H2,17,18,19)/b3-1+,4-2+. The van der Waals surface area contributed by atoms with E-state index in [4.69, 9.17) is 10.3 Å². The predicted molar refractivity (Wildman–Crippen MR) is 77.4 cm³/mol. The molecule has 2 N–H and O–H groups in total. The second-order valence-corrected chi connectivity index (χ2v) is 6.74. The lowest BCUT2D eigenvalue weighted by Gasteiger charge is -2.53. The second-order valence-electron chi connectivity index (χ2n) is 6.74. The Kier molecular flexibility index (Phi) is 2.90. The maximum Gasteiger partial charge on any atom is 0.319 e. The Morgan fingerprint density at radius 3 is 2.30 bits per heavy atom. The number of allylic oxidation sites excluding steroid dienone is 3. The summed E-state index contributed by atoms with van der Waals surface area (Å²) < 4.78 is 4.73. The molecule has 106 valence electrons. The zero-order valence-electron chi connectivity index (χ0n) is 11.6. The summed E-state index contributed by atoms with van der Waals surface area (Å²) in [6, 6.07) is 0.120. The van der Waals surface area contributed by atoms with Crippen molar-refractivity contribution in [1.29, 1.82) is 0 Å². The summed E-state index contributed by atoms with van der Waals surface area (Å²) in [5.41, 5.74) is 5.39. The van der Waals surface area contributed by atoms with Gasteiger partial charge in [0.15, 0.2) is 5.82 Å². The molecule has 0 atom stereocenters. The Hall–Kier alpha value is -1.58. The number of nitrogens with zero attached hydrogens (tertiary/aromatic N) is 2. The lowest BCUT2D eigenvalue weighted by molar-refractivity contribution is -0.0161. The van der Waals surface area contributed by atoms with Gasteiger partial charge in [-0.2, -0.15) is 4.98 Å². The average Bonchev–Trinajstić information content (AvgIpc) is 2.82. The normalized spacial score (nSPS) is 39.3. The van der Waals surface area contributed by atoms with Crippen LogP contribution in [0, 0.1) is 29.6 Å². The molecule has 1 aromatic rings. The minimum Gasteiger partial charge on any atom is -0.351 e. The molecule has 0 spiro atoms. The third-order valence-corrected chi connectivity index (χ3v) is 5.45. The SMILES string of the molecule is Nc1nc(/C=C/C=C/C2C3CC4CC(C3)CC2C4)no1. The Morgan fingerprint density at radius 2 is 1.70 bits per heavy atom. The molecule has 20 heavy (non-hydrogen) atoms. The van der Waals surface area contributed by atoms with Crippen molar-refractivity contribution in [3.05, 3.63) is 24.1 Å². The summed E-state index contributed by atoms with van der Waals surface area (Å²) in [6.45, 7) is 0. The summed E-state index contributed by atoms with van der Waals surface area (Å²) in [7, 11) is 0. The Bertz CT molecular complexity index is 518. The molecule has 4 aliphatic rings. The van der Waals surface area contributed by atoms with Crippen LogP contribution in [0.4, 0.5) is 6.01 Å². The minimum atomic E-state index is 0.120. The molecule has 0 saturated heterocycles. The van der Waals surface area contributed by atoms with E-state index < -0.39 is 0 Å². The number of nitrogen functional groups attached to an aromatic ring is 1. The number of nitrogens with two attached hydrogens (primary N) is 1. The zero-order chi connectivity index (χ0) is 13.5. The van der Waals surface area contributed by atoms with Crippen LogP contribution in [-0.4, -0.2) is 10.1 Å². The smallest absolute Gasteiger partial charge is 0.319 e. The summed E-state index contributed by atoms with van der Waals surface area (Å²) >= 11 is 0. The first-order valence-corrected chi connectivity index (χ1v) is 7.72. The molecule has 4 nitrogen and oxygen atoms in total. The summed E-state index contributed by atoms with van der Waals surface area (Å²) in [5.74, 6) is 5.30. The molecule has 0 amide bonds. The minimum absolute atomic E-state index is 0.120. The highest BCUT2D eigenvalue weighted by atomic mass is 16.5. The van der Waals surface area contributed by atoms with Crippen LogP contribution in [0.3, 0.4) is 0 Å².